The molecule has 114 valence electrons. The Morgan fingerprint density at radius 2 is 1.86 bits per heavy atom. The molecule has 2 bridgehead atoms. The third kappa shape index (κ3) is 2.22. The quantitative estimate of drug-likeness (QED) is 0.812. The van der Waals surface area contributed by atoms with E-state index in [9.17, 15) is 9.59 Å². The van der Waals surface area contributed by atoms with E-state index in [0.29, 0.717) is 5.92 Å². The van der Waals surface area contributed by atoms with Crippen molar-refractivity contribution in [2.75, 3.05) is 19.6 Å². The lowest BCUT2D eigenvalue weighted by molar-refractivity contribution is -0.119. The Labute approximate surface area is 128 Å². The first-order chi connectivity index (χ1) is 10.7. The molecule has 1 amide bonds. The van der Waals surface area contributed by atoms with Crippen LogP contribution in [0.3, 0.4) is 0 Å². The zero-order valence-electron chi connectivity index (χ0n) is 12.4. The molecule has 4 heterocycles. The molecule has 5 rings (SSSR count). The van der Waals surface area contributed by atoms with Crippen LogP contribution in [-0.2, 0) is 4.79 Å². The summed E-state index contributed by atoms with van der Waals surface area (Å²) in [5, 5.41) is 3.92. The molecule has 1 atom stereocenters. The first kappa shape index (κ1) is 13.5. The number of fused-ring (bicyclic) bond motifs is 4. The molecular formula is C17H19N3O2. The molecule has 1 unspecified atom stereocenters. The number of carbonyl (C=O) groups excluding carboxylic acids is 2. The Hall–Kier alpha value is -2.14. The minimum absolute atomic E-state index is 0.112. The van der Waals surface area contributed by atoms with Crippen LogP contribution in [0, 0.1) is 5.92 Å². The Morgan fingerprint density at radius 3 is 2.59 bits per heavy atom. The molecule has 1 N–H and O–H groups in total. The topological polar surface area (TPSA) is 54.3 Å². The molecule has 1 aromatic carbocycles. The molecule has 2 aromatic rings. The van der Waals surface area contributed by atoms with E-state index >= 15 is 0 Å². The molecular weight excluding hydrogens is 278 g/mol. The van der Waals surface area contributed by atoms with E-state index in [-0.39, 0.29) is 6.04 Å². The Morgan fingerprint density at radius 1 is 1.09 bits per heavy atom. The fraction of sp³-hybridized carbons (Fsp3) is 0.412. The summed E-state index contributed by atoms with van der Waals surface area (Å²) in [4.78, 5) is 27.1. The average molecular weight is 297 g/mol. The maximum atomic E-state index is 12.4. The second-order valence-electron chi connectivity index (χ2n) is 6.27. The van der Waals surface area contributed by atoms with Gasteiger partial charge in [0.2, 0.25) is 0 Å². The second-order valence-corrected chi connectivity index (χ2v) is 6.27. The zero-order valence-corrected chi connectivity index (χ0v) is 12.4. The summed E-state index contributed by atoms with van der Waals surface area (Å²) < 4.78 is 1.44. The number of hydrogen-bond acceptors (Lipinski definition) is 3. The SMILES string of the molecule is O=C(NC1CN2CCC1CC2)C(=O)n1ccc2ccccc21. The molecule has 3 aliphatic rings. The molecule has 0 saturated carbocycles. The van der Waals surface area contributed by atoms with Gasteiger partial charge in [0.05, 0.1) is 5.52 Å². The number of piperidine rings is 3. The summed E-state index contributed by atoms with van der Waals surface area (Å²) in [6.07, 6.45) is 3.90. The van der Waals surface area contributed by atoms with Crippen molar-refractivity contribution in [1.82, 2.24) is 14.8 Å². The molecule has 0 spiro atoms. The number of aromatic nitrogens is 1. The van der Waals surface area contributed by atoms with Gasteiger partial charge < -0.3 is 10.2 Å². The summed E-state index contributed by atoms with van der Waals surface area (Å²) in [6.45, 7) is 3.11. The van der Waals surface area contributed by atoms with Crippen LogP contribution in [-0.4, -0.2) is 47.0 Å². The predicted molar refractivity (Wildman–Crippen MR) is 83.7 cm³/mol. The largest absolute Gasteiger partial charge is 0.344 e. The molecule has 0 radical (unpaired) electrons. The van der Waals surface area contributed by atoms with Gasteiger partial charge in [-0.1, -0.05) is 18.2 Å². The molecule has 3 fully saturated rings. The number of para-hydroxylation sites is 1. The van der Waals surface area contributed by atoms with Crippen LogP contribution in [0.4, 0.5) is 0 Å². The molecule has 3 saturated heterocycles. The smallest absolute Gasteiger partial charge is 0.320 e. The van der Waals surface area contributed by atoms with Gasteiger partial charge in [0, 0.05) is 24.2 Å². The zero-order chi connectivity index (χ0) is 15.1. The summed E-state index contributed by atoms with van der Waals surface area (Å²) in [6, 6.07) is 9.55. The number of carbonyl (C=O) groups is 2. The lowest BCUT2D eigenvalue weighted by Crippen LogP contribution is -2.58. The van der Waals surface area contributed by atoms with Gasteiger partial charge in [-0.25, -0.2) is 0 Å². The average Bonchev–Trinajstić information content (AvgIpc) is 2.99. The number of rotatable bonds is 1. The van der Waals surface area contributed by atoms with Gasteiger partial charge >= 0.3 is 11.8 Å². The summed E-state index contributed by atoms with van der Waals surface area (Å²) >= 11 is 0. The normalized spacial score (nSPS) is 27.0. The fourth-order valence-corrected chi connectivity index (χ4v) is 3.73. The molecule has 3 aliphatic heterocycles. The highest BCUT2D eigenvalue weighted by Crippen LogP contribution is 2.27. The van der Waals surface area contributed by atoms with E-state index in [0.717, 1.165) is 43.4 Å². The van der Waals surface area contributed by atoms with Crippen LogP contribution in [0.1, 0.15) is 17.6 Å². The highest BCUT2D eigenvalue weighted by molar-refractivity contribution is 6.37. The Bertz CT molecular complexity index is 728. The van der Waals surface area contributed by atoms with Gasteiger partial charge in [0.1, 0.15) is 0 Å². The van der Waals surface area contributed by atoms with Gasteiger partial charge in [-0.2, -0.15) is 0 Å². The summed E-state index contributed by atoms with van der Waals surface area (Å²) in [5.74, 6) is -0.485. The van der Waals surface area contributed by atoms with Crippen molar-refractivity contribution in [3.8, 4) is 0 Å². The third-order valence-corrected chi connectivity index (χ3v) is 4.99. The predicted octanol–water partition coefficient (Wildman–Crippen LogP) is 1.49. The maximum absolute atomic E-state index is 12.4. The van der Waals surface area contributed by atoms with E-state index in [2.05, 4.69) is 10.2 Å². The van der Waals surface area contributed by atoms with Crippen molar-refractivity contribution in [2.45, 2.75) is 18.9 Å². The van der Waals surface area contributed by atoms with Crippen LogP contribution in [0.5, 0.6) is 0 Å². The monoisotopic (exact) mass is 297 g/mol. The number of nitrogens with one attached hydrogen (secondary N) is 1. The third-order valence-electron chi connectivity index (χ3n) is 4.99. The molecule has 5 nitrogen and oxygen atoms in total. The maximum Gasteiger partial charge on any atom is 0.320 e. The van der Waals surface area contributed by atoms with E-state index in [1.807, 2.05) is 30.3 Å². The minimum atomic E-state index is -0.502. The second kappa shape index (κ2) is 5.25. The lowest BCUT2D eigenvalue weighted by Gasteiger charge is -2.44. The van der Waals surface area contributed by atoms with Crippen LogP contribution in [0.25, 0.3) is 10.9 Å². The number of nitrogens with zero attached hydrogens (tertiary/aromatic N) is 2. The lowest BCUT2D eigenvalue weighted by atomic mass is 9.84. The summed E-state index contributed by atoms with van der Waals surface area (Å²) in [5.41, 5.74) is 0.775. The molecule has 5 heteroatoms. The summed E-state index contributed by atoms with van der Waals surface area (Å²) in [7, 11) is 0. The fourth-order valence-electron chi connectivity index (χ4n) is 3.73. The van der Waals surface area contributed by atoms with Gasteiger partial charge in [0.25, 0.3) is 0 Å². The first-order valence-electron chi connectivity index (χ1n) is 7.86. The van der Waals surface area contributed by atoms with Gasteiger partial charge in [0.15, 0.2) is 0 Å². The van der Waals surface area contributed by atoms with Crippen molar-refractivity contribution >= 4 is 22.7 Å². The van der Waals surface area contributed by atoms with Crippen LogP contribution < -0.4 is 5.32 Å². The van der Waals surface area contributed by atoms with E-state index in [4.69, 9.17) is 0 Å². The van der Waals surface area contributed by atoms with Crippen molar-refractivity contribution in [1.29, 1.82) is 0 Å². The van der Waals surface area contributed by atoms with Crippen LogP contribution in [0.2, 0.25) is 0 Å². The van der Waals surface area contributed by atoms with Crippen molar-refractivity contribution in [2.24, 2.45) is 5.92 Å². The van der Waals surface area contributed by atoms with Crippen molar-refractivity contribution < 1.29 is 9.59 Å². The first-order valence-corrected chi connectivity index (χ1v) is 7.86. The number of amides is 1. The van der Waals surface area contributed by atoms with Gasteiger partial charge in [-0.15, -0.1) is 0 Å². The molecule has 1 aromatic heterocycles. The molecule has 0 aliphatic carbocycles. The highest BCUT2D eigenvalue weighted by Gasteiger charge is 2.35. The standard InChI is InChI=1S/C17H19N3O2/c21-16(18-14-11-19-8-5-12(14)6-9-19)17(22)20-10-7-13-3-1-2-4-15(13)20/h1-4,7,10,12,14H,5-6,8-9,11H2,(H,18,21). The van der Waals surface area contributed by atoms with Crippen LogP contribution in [0.15, 0.2) is 36.5 Å². The molecule has 22 heavy (non-hydrogen) atoms. The van der Waals surface area contributed by atoms with Crippen LogP contribution >= 0.6 is 0 Å². The highest BCUT2D eigenvalue weighted by atomic mass is 16.2. The van der Waals surface area contributed by atoms with Gasteiger partial charge in [-0.3, -0.25) is 14.2 Å². The van der Waals surface area contributed by atoms with Gasteiger partial charge in [-0.05, 0) is 44.0 Å². The van der Waals surface area contributed by atoms with E-state index in [1.165, 1.54) is 4.57 Å². The number of benzene rings is 1. The van der Waals surface area contributed by atoms with Crippen molar-refractivity contribution in [3.05, 3.63) is 36.5 Å². The van der Waals surface area contributed by atoms with Crippen molar-refractivity contribution in [3.63, 3.8) is 0 Å². The minimum Gasteiger partial charge on any atom is -0.344 e. The van der Waals surface area contributed by atoms with E-state index < -0.39 is 11.8 Å². The Kier molecular flexibility index (Phi) is 3.22. The Balaban J connectivity index is 1.52. The number of hydrogen-bond donors (Lipinski definition) is 1. The van der Waals surface area contributed by atoms with E-state index in [1.54, 1.807) is 6.20 Å².